The van der Waals surface area contributed by atoms with E-state index in [1.165, 1.54) is 17.8 Å². The average molecular weight is 393 g/mol. The minimum Gasteiger partial charge on any atom is -0.497 e. The van der Waals surface area contributed by atoms with E-state index in [1.54, 1.807) is 25.4 Å². The molecule has 4 nitrogen and oxygen atoms in total. The molecular formula is C19H18ClFN2O2S. The lowest BCUT2D eigenvalue weighted by molar-refractivity contribution is 0.277. The molecule has 3 rings (SSSR count). The first-order valence-electron chi connectivity index (χ1n) is 7.96. The maximum Gasteiger partial charge on any atom is 0.168 e. The molecule has 0 aliphatic carbocycles. The van der Waals surface area contributed by atoms with Gasteiger partial charge in [-0.05, 0) is 29.8 Å². The molecule has 0 spiro atoms. The quantitative estimate of drug-likeness (QED) is 0.600. The number of ether oxygens (including phenoxy) is 1. The van der Waals surface area contributed by atoms with Crippen molar-refractivity contribution >= 4 is 23.4 Å². The first kappa shape index (κ1) is 18.8. The number of hydrogen-bond acceptors (Lipinski definition) is 4. The van der Waals surface area contributed by atoms with E-state index >= 15 is 0 Å². The minimum atomic E-state index is -0.333. The van der Waals surface area contributed by atoms with E-state index in [-0.39, 0.29) is 12.4 Å². The van der Waals surface area contributed by atoms with Crippen LogP contribution in [0.4, 0.5) is 4.39 Å². The molecule has 0 aliphatic heterocycles. The van der Waals surface area contributed by atoms with E-state index in [9.17, 15) is 9.50 Å². The number of aliphatic hydroxyl groups excluding tert-OH is 1. The van der Waals surface area contributed by atoms with E-state index in [0.29, 0.717) is 33.7 Å². The molecule has 136 valence electrons. The fourth-order valence-electron chi connectivity index (χ4n) is 2.49. The molecule has 0 radical (unpaired) electrons. The van der Waals surface area contributed by atoms with Crippen molar-refractivity contribution in [3.8, 4) is 5.75 Å². The van der Waals surface area contributed by atoms with Gasteiger partial charge in [-0.2, -0.15) is 0 Å². The Labute approximate surface area is 160 Å². The van der Waals surface area contributed by atoms with Gasteiger partial charge >= 0.3 is 0 Å². The van der Waals surface area contributed by atoms with Crippen LogP contribution in [0.15, 0.2) is 53.8 Å². The topological polar surface area (TPSA) is 47.3 Å². The summed E-state index contributed by atoms with van der Waals surface area (Å²) in [7, 11) is 1.63. The number of aliphatic hydroxyl groups is 1. The summed E-state index contributed by atoms with van der Waals surface area (Å²) in [5.74, 6) is 0.815. The Morgan fingerprint density at radius 2 is 2.00 bits per heavy atom. The lowest BCUT2D eigenvalue weighted by atomic mass is 10.2. The van der Waals surface area contributed by atoms with Crippen LogP contribution in [-0.4, -0.2) is 21.8 Å². The zero-order valence-electron chi connectivity index (χ0n) is 14.2. The summed E-state index contributed by atoms with van der Waals surface area (Å²) >= 11 is 7.48. The van der Waals surface area contributed by atoms with Crippen LogP contribution in [-0.2, 0) is 18.9 Å². The summed E-state index contributed by atoms with van der Waals surface area (Å²) in [6.07, 6.45) is 1.80. The van der Waals surface area contributed by atoms with Gasteiger partial charge in [0, 0.05) is 29.1 Å². The van der Waals surface area contributed by atoms with Gasteiger partial charge in [0.05, 0.1) is 19.4 Å². The highest BCUT2D eigenvalue weighted by Gasteiger charge is 2.13. The molecule has 0 saturated heterocycles. The second kappa shape index (κ2) is 8.58. The highest BCUT2D eigenvalue weighted by Crippen LogP contribution is 2.29. The van der Waals surface area contributed by atoms with Gasteiger partial charge in [-0.1, -0.05) is 41.6 Å². The van der Waals surface area contributed by atoms with Crippen molar-refractivity contribution in [1.82, 2.24) is 9.55 Å². The first-order chi connectivity index (χ1) is 12.6. The Hall–Kier alpha value is -2.02. The smallest absolute Gasteiger partial charge is 0.168 e. The third kappa shape index (κ3) is 4.38. The molecule has 0 amide bonds. The van der Waals surface area contributed by atoms with Crippen molar-refractivity contribution < 1.29 is 14.2 Å². The number of nitrogens with zero attached hydrogens (tertiary/aromatic N) is 2. The van der Waals surface area contributed by atoms with Crippen LogP contribution in [0.5, 0.6) is 5.75 Å². The van der Waals surface area contributed by atoms with Crippen LogP contribution in [0.1, 0.15) is 16.8 Å². The lowest BCUT2D eigenvalue weighted by Gasteiger charge is -2.09. The maximum atomic E-state index is 14.0. The van der Waals surface area contributed by atoms with Gasteiger partial charge in [0.15, 0.2) is 5.16 Å². The number of methoxy groups -OCH3 is 1. The fraction of sp³-hybridized carbons (Fsp3) is 0.211. The number of benzene rings is 2. The summed E-state index contributed by atoms with van der Waals surface area (Å²) in [5, 5.41) is 10.5. The molecule has 0 unspecified atom stereocenters. The Morgan fingerprint density at radius 1 is 1.23 bits per heavy atom. The molecule has 26 heavy (non-hydrogen) atoms. The Kier molecular flexibility index (Phi) is 6.19. The van der Waals surface area contributed by atoms with Gasteiger partial charge < -0.3 is 14.4 Å². The second-order valence-corrected chi connectivity index (χ2v) is 6.99. The Balaban J connectivity index is 1.79. The molecule has 3 aromatic rings. The summed E-state index contributed by atoms with van der Waals surface area (Å²) < 4.78 is 21.1. The molecule has 1 N–H and O–H groups in total. The normalized spacial score (nSPS) is 10.9. The molecule has 0 aliphatic rings. The molecule has 1 heterocycles. The van der Waals surface area contributed by atoms with Gasteiger partial charge in [-0.3, -0.25) is 0 Å². The van der Waals surface area contributed by atoms with Crippen LogP contribution in [0.2, 0.25) is 5.02 Å². The van der Waals surface area contributed by atoms with Gasteiger partial charge in [0.1, 0.15) is 11.6 Å². The summed E-state index contributed by atoms with van der Waals surface area (Å²) in [6.45, 7) is 0.438. The third-order valence-electron chi connectivity index (χ3n) is 3.87. The summed E-state index contributed by atoms with van der Waals surface area (Å²) in [4.78, 5) is 4.42. The predicted molar refractivity (Wildman–Crippen MR) is 101 cm³/mol. The number of thioether (sulfide) groups is 1. The minimum absolute atomic E-state index is 0.149. The van der Waals surface area contributed by atoms with E-state index in [2.05, 4.69) is 4.98 Å². The third-order valence-corrected chi connectivity index (χ3v) is 5.24. The number of aromatic nitrogens is 2. The predicted octanol–water partition coefficient (Wildman–Crippen LogP) is 4.52. The Morgan fingerprint density at radius 3 is 2.65 bits per heavy atom. The SMILES string of the molecule is COc1ccc(Cn2cc(CO)nc2SCc2c(F)cccc2Cl)cc1. The first-order valence-corrected chi connectivity index (χ1v) is 9.32. The van der Waals surface area contributed by atoms with Gasteiger partial charge in [0.2, 0.25) is 0 Å². The zero-order chi connectivity index (χ0) is 18.5. The second-order valence-electron chi connectivity index (χ2n) is 5.64. The fourth-order valence-corrected chi connectivity index (χ4v) is 3.83. The molecule has 7 heteroatoms. The van der Waals surface area contributed by atoms with Crippen molar-refractivity contribution in [2.75, 3.05) is 7.11 Å². The van der Waals surface area contributed by atoms with E-state index in [4.69, 9.17) is 16.3 Å². The van der Waals surface area contributed by atoms with Crippen molar-refractivity contribution in [2.45, 2.75) is 24.1 Å². The van der Waals surface area contributed by atoms with Gasteiger partial charge in [-0.25, -0.2) is 9.37 Å². The van der Waals surface area contributed by atoms with Crippen molar-refractivity contribution in [2.24, 2.45) is 0 Å². The van der Waals surface area contributed by atoms with E-state index in [0.717, 1.165) is 11.3 Å². The van der Waals surface area contributed by atoms with Crippen LogP contribution in [0.25, 0.3) is 0 Å². The molecule has 0 bridgehead atoms. The number of hydrogen-bond donors (Lipinski definition) is 1. The number of rotatable bonds is 7. The molecule has 0 fully saturated rings. The Bertz CT molecular complexity index is 863. The van der Waals surface area contributed by atoms with Crippen molar-refractivity contribution in [3.63, 3.8) is 0 Å². The zero-order valence-corrected chi connectivity index (χ0v) is 15.7. The lowest BCUT2D eigenvalue weighted by Crippen LogP contribution is -2.01. The van der Waals surface area contributed by atoms with Crippen molar-refractivity contribution in [1.29, 1.82) is 0 Å². The van der Waals surface area contributed by atoms with Gasteiger partial charge in [-0.15, -0.1) is 0 Å². The van der Waals surface area contributed by atoms with Crippen LogP contribution in [0, 0.1) is 5.82 Å². The van der Waals surface area contributed by atoms with Crippen molar-refractivity contribution in [3.05, 3.63) is 76.3 Å². The van der Waals surface area contributed by atoms with Crippen LogP contribution in [0.3, 0.4) is 0 Å². The largest absolute Gasteiger partial charge is 0.497 e. The van der Waals surface area contributed by atoms with Crippen LogP contribution < -0.4 is 4.74 Å². The highest BCUT2D eigenvalue weighted by atomic mass is 35.5. The monoisotopic (exact) mass is 392 g/mol. The summed E-state index contributed by atoms with van der Waals surface area (Å²) in [5.41, 5.74) is 2.09. The molecular weight excluding hydrogens is 375 g/mol. The molecule has 0 saturated carbocycles. The molecule has 0 atom stereocenters. The standard InChI is InChI=1S/C19H18ClFN2O2S/c1-25-15-7-5-13(6-8-15)9-23-10-14(11-24)22-19(23)26-12-16-17(20)3-2-4-18(16)21/h2-8,10,24H,9,11-12H2,1H3. The molecule has 2 aromatic carbocycles. The maximum absolute atomic E-state index is 14.0. The summed E-state index contributed by atoms with van der Waals surface area (Å²) in [6, 6.07) is 12.4. The van der Waals surface area contributed by atoms with Gasteiger partial charge in [0.25, 0.3) is 0 Å². The van der Waals surface area contributed by atoms with E-state index < -0.39 is 0 Å². The number of imidazole rings is 1. The highest BCUT2D eigenvalue weighted by molar-refractivity contribution is 7.98. The average Bonchev–Trinajstić information content (AvgIpc) is 3.04. The number of halogens is 2. The van der Waals surface area contributed by atoms with Crippen LogP contribution >= 0.6 is 23.4 Å². The van der Waals surface area contributed by atoms with E-state index in [1.807, 2.05) is 28.8 Å². The molecule has 1 aromatic heterocycles.